The number of hydrogen-bond acceptors (Lipinski definition) is 4. The SMILES string of the molecule is CCOC(=O)c1cc(=O)n(Cc2ccccc2)c2ccc(OC)cc12. The Balaban J connectivity index is 2.21. The van der Waals surface area contributed by atoms with Gasteiger partial charge in [-0.25, -0.2) is 4.79 Å². The van der Waals surface area contributed by atoms with Crippen LogP contribution in [0.5, 0.6) is 5.75 Å². The zero-order chi connectivity index (χ0) is 17.8. The van der Waals surface area contributed by atoms with Crippen molar-refractivity contribution in [1.82, 2.24) is 4.57 Å². The van der Waals surface area contributed by atoms with Crippen LogP contribution in [-0.2, 0) is 11.3 Å². The van der Waals surface area contributed by atoms with Crippen LogP contribution in [0.4, 0.5) is 0 Å². The Kier molecular flexibility index (Phi) is 4.84. The van der Waals surface area contributed by atoms with E-state index in [0.717, 1.165) is 5.56 Å². The van der Waals surface area contributed by atoms with Crippen molar-refractivity contribution in [3.8, 4) is 5.75 Å². The molecule has 0 fully saturated rings. The van der Waals surface area contributed by atoms with E-state index in [1.807, 2.05) is 30.3 Å². The van der Waals surface area contributed by atoms with Crippen LogP contribution in [0.3, 0.4) is 0 Å². The predicted octanol–water partition coefficient (Wildman–Crippen LogP) is 3.24. The highest BCUT2D eigenvalue weighted by atomic mass is 16.5. The third kappa shape index (κ3) is 3.40. The van der Waals surface area contributed by atoms with Gasteiger partial charge in [-0.2, -0.15) is 0 Å². The summed E-state index contributed by atoms with van der Waals surface area (Å²) in [5.41, 5.74) is 1.68. The number of ether oxygens (including phenoxy) is 2. The standard InChI is InChI=1S/C20H19NO4/c1-3-25-20(23)17-12-19(22)21(13-14-7-5-4-6-8-14)18-10-9-15(24-2)11-16(17)18/h4-12H,3,13H2,1-2H3. The molecule has 25 heavy (non-hydrogen) atoms. The number of carbonyl (C=O) groups is 1. The molecule has 0 saturated heterocycles. The summed E-state index contributed by atoms with van der Waals surface area (Å²) >= 11 is 0. The van der Waals surface area contributed by atoms with Crippen LogP contribution in [0.1, 0.15) is 22.8 Å². The van der Waals surface area contributed by atoms with Crippen LogP contribution < -0.4 is 10.3 Å². The Morgan fingerprint density at radius 1 is 1.08 bits per heavy atom. The maximum Gasteiger partial charge on any atom is 0.339 e. The van der Waals surface area contributed by atoms with Gasteiger partial charge >= 0.3 is 5.97 Å². The third-order valence-electron chi connectivity index (χ3n) is 4.00. The number of fused-ring (bicyclic) bond motifs is 1. The minimum atomic E-state index is -0.510. The second kappa shape index (κ2) is 7.21. The number of rotatable bonds is 5. The predicted molar refractivity (Wildman–Crippen MR) is 96.3 cm³/mol. The maximum absolute atomic E-state index is 12.6. The molecule has 0 unspecified atom stereocenters. The van der Waals surface area contributed by atoms with E-state index in [4.69, 9.17) is 9.47 Å². The van der Waals surface area contributed by atoms with E-state index in [2.05, 4.69) is 0 Å². The monoisotopic (exact) mass is 337 g/mol. The lowest BCUT2D eigenvalue weighted by Gasteiger charge is -2.14. The molecule has 0 bridgehead atoms. The molecule has 3 aromatic rings. The number of methoxy groups -OCH3 is 1. The number of hydrogen-bond donors (Lipinski definition) is 0. The summed E-state index contributed by atoms with van der Waals surface area (Å²) in [6.07, 6.45) is 0. The fourth-order valence-corrected chi connectivity index (χ4v) is 2.80. The van der Waals surface area contributed by atoms with Gasteiger partial charge in [0.1, 0.15) is 5.75 Å². The molecule has 3 rings (SSSR count). The molecular weight excluding hydrogens is 318 g/mol. The minimum absolute atomic E-state index is 0.246. The summed E-state index contributed by atoms with van der Waals surface area (Å²) in [5.74, 6) is 0.104. The molecule has 0 spiro atoms. The summed E-state index contributed by atoms with van der Waals surface area (Å²) in [5, 5.41) is 0.633. The first kappa shape index (κ1) is 16.8. The molecule has 0 amide bonds. The first-order valence-corrected chi connectivity index (χ1v) is 8.06. The van der Waals surface area contributed by atoms with Crippen molar-refractivity contribution in [2.24, 2.45) is 0 Å². The molecule has 0 aliphatic rings. The minimum Gasteiger partial charge on any atom is -0.497 e. The lowest BCUT2D eigenvalue weighted by molar-refractivity contribution is 0.0528. The van der Waals surface area contributed by atoms with Crippen molar-refractivity contribution in [2.45, 2.75) is 13.5 Å². The van der Waals surface area contributed by atoms with Gasteiger partial charge in [0.05, 0.1) is 31.3 Å². The Labute approximate surface area is 145 Å². The molecule has 1 heterocycles. The van der Waals surface area contributed by atoms with Gasteiger partial charge in [-0.15, -0.1) is 0 Å². The van der Waals surface area contributed by atoms with Gasteiger partial charge in [-0.1, -0.05) is 30.3 Å². The van der Waals surface area contributed by atoms with Crippen LogP contribution >= 0.6 is 0 Å². The summed E-state index contributed by atoms with van der Waals surface area (Å²) in [6, 6.07) is 16.4. The van der Waals surface area contributed by atoms with Gasteiger partial charge in [0.2, 0.25) is 0 Å². The number of esters is 1. The number of carbonyl (C=O) groups excluding carboxylic acids is 1. The molecule has 0 aliphatic carbocycles. The van der Waals surface area contributed by atoms with Crippen molar-refractivity contribution in [3.05, 3.63) is 76.1 Å². The van der Waals surface area contributed by atoms with E-state index < -0.39 is 5.97 Å². The second-order valence-corrected chi connectivity index (χ2v) is 5.57. The molecule has 0 radical (unpaired) electrons. The van der Waals surface area contributed by atoms with Crippen molar-refractivity contribution < 1.29 is 14.3 Å². The second-order valence-electron chi connectivity index (χ2n) is 5.57. The fourth-order valence-electron chi connectivity index (χ4n) is 2.80. The lowest BCUT2D eigenvalue weighted by Crippen LogP contribution is -2.23. The van der Waals surface area contributed by atoms with Crippen LogP contribution in [0, 0.1) is 0 Å². The zero-order valence-corrected chi connectivity index (χ0v) is 14.2. The molecule has 128 valence electrons. The smallest absolute Gasteiger partial charge is 0.339 e. The number of aromatic nitrogens is 1. The summed E-state index contributed by atoms with van der Waals surface area (Å²) in [7, 11) is 1.56. The largest absolute Gasteiger partial charge is 0.497 e. The highest BCUT2D eigenvalue weighted by molar-refractivity contribution is 6.03. The molecule has 0 atom stereocenters. The molecule has 5 heteroatoms. The van der Waals surface area contributed by atoms with E-state index in [1.165, 1.54) is 6.07 Å². The fraction of sp³-hybridized carbons (Fsp3) is 0.200. The average molecular weight is 337 g/mol. The van der Waals surface area contributed by atoms with Crippen LogP contribution in [0.15, 0.2) is 59.4 Å². The molecule has 0 saturated carbocycles. The van der Waals surface area contributed by atoms with E-state index in [0.29, 0.717) is 23.2 Å². The van der Waals surface area contributed by atoms with Crippen molar-refractivity contribution in [2.75, 3.05) is 13.7 Å². The van der Waals surface area contributed by atoms with Crippen molar-refractivity contribution in [3.63, 3.8) is 0 Å². The van der Waals surface area contributed by atoms with Crippen molar-refractivity contribution in [1.29, 1.82) is 0 Å². The quantitative estimate of drug-likeness (QED) is 0.671. The van der Waals surface area contributed by atoms with Gasteiger partial charge in [-0.05, 0) is 30.7 Å². The van der Waals surface area contributed by atoms with Crippen molar-refractivity contribution >= 4 is 16.9 Å². The Hall–Kier alpha value is -3.08. The Morgan fingerprint density at radius 3 is 2.52 bits per heavy atom. The van der Waals surface area contributed by atoms with Gasteiger partial charge in [0, 0.05) is 11.5 Å². The highest BCUT2D eigenvalue weighted by Gasteiger charge is 2.16. The number of pyridine rings is 1. The highest BCUT2D eigenvalue weighted by Crippen LogP contribution is 2.24. The molecule has 0 N–H and O–H groups in total. The lowest BCUT2D eigenvalue weighted by atomic mass is 10.1. The van der Waals surface area contributed by atoms with Crippen LogP contribution in [-0.4, -0.2) is 24.3 Å². The van der Waals surface area contributed by atoms with E-state index >= 15 is 0 Å². The van der Waals surface area contributed by atoms with Gasteiger partial charge in [0.15, 0.2) is 0 Å². The molecule has 0 aliphatic heterocycles. The normalized spacial score (nSPS) is 10.6. The summed E-state index contributed by atoms with van der Waals surface area (Å²) in [6.45, 7) is 2.40. The van der Waals surface area contributed by atoms with E-state index in [-0.39, 0.29) is 17.7 Å². The maximum atomic E-state index is 12.6. The first-order valence-electron chi connectivity index (χ1n) is 8.06. The molecule has 1 aromatic heterocycles. The molecule has 2 aromatic carbocycles. The van der Waals surface area contributed by atoms with E-state index in [1.54, 1.807) is 36.8 Å². The topological polar surface area (TPSA) is 57.5 Å². The third-order valence-corrected chi connectivity index (χ3v) is 4.00. The van der Waals surface area contributed by atoms with E-state index in [9.17, 15) is 9.59 Å². The van der Waals surface area contributed by atoms with Gasteiger partial charge < -0.3 is 14.0 Å². The first-order chi connectivity index (χ1) is 12.1. The van der Waals surface area contributed by atoms with Crippen LogP contribution in [0.2, 0.25) is 0 Å². The number of benzene rings is 2. The zero-order valence-electron chi connectivity index (χ0n) is 14.2. The average Bonchev–Trinajstić information content (AvgIpc) is 2.64. The number of nitrogens with zero attached hydrogens (tertiary/aromatic N) is 1. The Morgan fingerprint density at radius 2 is 1.84 bits per heavy atom. The summed E-state index contributed by atoms with van der Waals surface area (Å²) in [4.78, 5) is 24.9. The molecular formula is C20H19NO4. The molecule has 5 nitrogen and oxygen atoms in total. The van der Waals surface area contributed by atoms with Gasteiger partial charge in [-0.3, -0.25) is 4.79 Å². The van der Waals surface area contributed by atoms with Crippen LogP contribution in [0.25, 0.3) is 10.9 Å². The Bertz CT molecular complexity index is 961. The van der Waals surface area contributed by atoms with Gasteiger partial charge in [0.25, 0.3) is 5.56 Å². The summed E-state index contributed by atoms with van der Waals surface area (Å²) < 4.78 is 12.0.